The first-order valence-corrected chi connectivity index (χ1v) is 12.7. The molecule has 2 aromatic carbocycles. The molecule has 0 radical (unpaired) electrons. The van der Waals surface area contributed by atoms with E-state index in [1.807, 2.05) is 0 Å². The van der Waals surface area contributed by atoms with Gasteiger partial charge in [0.2, 0.25) is 5.71 Å². The molecule has 0 bridgehead atoms. The van der Waals surface area contributed by atoms with Gasteiger partial charge in [-0.15, -0.1) is 11.3 Å². The molecule has 0 aliphatic heterocycles. The van der Waals surface area contributed by atoms with Gasteiger partial charge in [-0.25, -0.2) is 9.97 Å². The van der Waals surface area contributed by atoms with Gasteiger partial charge in [0.05, 0.1) is 11.1 Å². The molecule has 0 aliphatic carbocycles. The average Bonchev–Trinajstić information content (AvgIpc) is 3.46. The van der Waals surface area contributed by atoms with Crippen molar-refractivity contribution in [2.75, 3.05) is 0 Å². The summed E-state index contributed by atoms with van der Waals surface area (Å²) >= 11 is 1.80. The van der Waals surface area contributed by atoms with Gasteiger partial charge in [0.15, 0.2) is 0 Å². The van der Waals surface area contributed by atoms with E-state index < -0.39 is 0 Å². The molecule has 172 valence electrons. The van der Waals surface area contributed by atoms with Crippen molar-refractivity contribution in [1.82, 2.24) is 9.97 Å². The Morgan fingerprint density at radius 3 is 2.50 bits per heavy atom. The monoisotopic (exact) mass is 468 g/mol. The van der Waals surface area contributed by atoms with Crippen molar-refractivity contribution in [3.8, 4) is 11.3 Å². The van der Waals surface area contributed by atoms with Crippen molar-refractivity contribution in [2.45, 2.75) is 53.4 Å². The highest BCUT2D eigenvalue weighted by molar-refractivity contribution is 7.17. The summed E-state index contributed by atoms with van der Waals surface area (Å²) in [5.74, 6) is 1.59. The smallest absolute Gasteiger partial charge is 0.230 e. The second kappa shape index (κ2) is 7.41. The van der Waals surface area contributed by atoms with Gasteiger partial charge >= 0.3 is 0 Å². The molecule has 6 aromatic rings. The van der Waals surface area contributed by atoms with Crippen LogP contribution in [-0.2, 0) is 11.8 Å². The zero-order chi connectivity index (χ0) is 23.8. The van der Waals surface area contributed by atoms with E-state index in [0.717, 1.165) is 50.8 Å². The Balaban J connectivity index is 1.64. The first-order valence-electron chi connectivity index (χ1n) is 11.8. The second-order valence-corrected chi connectivity index (χ2v) is 11.6. The molecule has 0 saturated carbocycles. The molecule has 0 atom stereocenters. The fourth-order valence-corrected chi connectivity index (χ4v) is 6.04. The summed E-state index contributed by atoms with van der Waals surface area (Å²) in [6.45, 7) is 13.3. The number of rotatable bonds is 3. The molecule has 0 spiro atoms. The van der Waals surface area contributed by atoms with E-state index in [0.29, 0.717) is 11.6 Å². The summed E-state index contributed by atoms with van der Waals surface area (Å²) in [6, 6.07) is 10.9. The molecule has 4 heterocycles. The van der Waals surface area contributed by atoms with Crippen molar-refractivity contribution in [3.63, 3.8) is 0 Å². The lowest BCUT2D eigenvalue weighted by molar-refractivity contribution is 0.496. The molecule has 34 heavy (non-hydrogen) atoms. The first-order chi connectivity index (χ1) is 16.2. The fraction of sp³-hybridized carbons (Fsp3) is 0.310. The summed E-state index contributed by atoms with van der Waals surface area (Å²) in [7, 11) is 0. The zero-order valence-electron chi connectivity index (χ0n) is 20.4. The maximum atomic E-state index is 6.31. The lowest BCUT2D eigenvalue weighted by atomic mass is 9.85. The summed E-state index contributed by atoms with van der Waals surface area (Å²) in [5, 5.41) is 6.44. The summed E-state index contributed by atoms with van der Waals surface area (Å²) < 4.78 is 13.9. The van der Waals surface area contributed by atoms with Crippen LogP contribution in [0.5, 0.6) is 0 Å². The molecular formula is C29H28N2O2S. The van der Waals surface area contributed by atoms with Gasteiger partial charge in [0.1, 0.15) is 23.3 Å². The molecule has 0 unspecified atom stereocenters. The normalized spacial score (nSPS) is 12.8. The van der Waals surface area contributed by atoms with Crippen molar-refractivity contribution < 1.29 is 8.83 Å². The minimum atomic E-state index is 0.0222. The molecule has 4 nitrogen and oxygen atoms in total. The third kappa shape index (κ3) is 3.25. The minimum Gasteiger partial charge on any atom is -0.461 e. The second-order valence-electron chi connectivity index (χ2n) is 10.7. The molecule has 6 rings (SSSR count). The molecule has 5 heteroatoms. The van der Waals surface area contributed by atoms with E-state index >= 15 is 0 Å². The Hall–Kier alpha value is -3.18. The number of thiophene rings is 1. The topological polar surface area (TPSA) is 52.1 Å². The molecule has 0 fully saturated rings. The van der Waals surface area contributed by atoms with Gasteiger partial charge in [-0.05, 0) is 70.5 Å². The number of nitrogens with zero attached hydrogens (tertiary/aromatic N) is 2. The lowest BCUT2D eigenvalue weighted by Crippen LogP contribution is -2.11. The maximum absolute atomic E-state index is 6.31. The van der Waals surface area contributed by atoms with Crippen LogP contribution in [0.25, 0.3) is 54.4 Å². The molecule has 0 aliphatic rings. The molecular weight excluding hydrogens is 440 g/mol. The highest BCUT2D eigenvalue weighted by Gasteiger charge is 2.23. The Morgan fingerprint density at radius 2 is 1.74 bits per heavy atom. The Labute approximate surface area is 202 Å². The van der Waals surface area contributed by atoms with E-state index in [9.17, 15) is 0 Å². The van der Waals surface area contributed by atoms with Crippen molar-refractivity contribution >= 4 is 54.5 Å². The van der Waals surface area contributed by atoms with Crippen LogP contribution in [0.3, 0.4) is 0 Å². The van der Waals surface area contributed by atoms with Crippen LogP contribution in [0.4, 0.5) is 0 Å². The predicted molar refractivity (Wildman–Crippen MR) is 142 cm³/mol. The van der Waals surface area contributed by atoms with E-state index in [1.54, 1.807) is 17.7 Å². The van der Waals surface area contributed by atoms with Crippen molar-refractivity contribution in [3.05, 3.63) is 58.9 Å². The lowest BCUT2D eigenvalue weighted by Gasteiger charge is -2.21. The summed E-state index contributed by atoms with van der Waals surface area (Å²) in [4.78, 5) is 9.23. The molecule has 4 aromatic heterocycles. The quantitative estimate of drug-likeness (QED) is 0.260. The van der Waals surface area contributed by atoms with Gasteiger partial charge in [0, 0.05) is 27.5 Å². The van der Waals surface area contributed by atoms with Gasteiger partial charge in [0.25, 0.3) is 0 Å². The number of furan rings is 2. The van der Waals surface area contributed by atoms with Crippen LogP contribution in [0.15, 0.2) is 50.9 Å². The van der Waals surface area contributed by atoms with Crippen molar-refractivity contribution in [1.29, 1.82) is 0 Å². The van der Waals surface area contributed by atoms with Gasteiger partial charge < -0.3 is 8.83 Å². The van der Waals surface area contributed by atoms with Gasteiger partial charge in [-0.1, -0.05) is 34.6 Å². The Morgan fingerprint density at radius 1 is 0.971 bits per heavy atom. The van der Waals surface area contributed by atoms with E-state index in [2.05, 4.69) is 82.2 Å². The van der Waals surface area contributed by atoms with Crippen LogP contribution in [0.1, 0.15) is 51.5 Å². The predicted octanol–water partition coefficient (Wildman–Crippen LogP) is 8.81. The Kier molecular flexibility index (Phi) is 4.65. The molecule has 0 amide bonds. The SMILES string of the molecule is Cc1c(CC(C)C)oc2cc3c(cc12)oc1ncnc(-c2cc(C(C)(C)C)c4sccc4c2)c13. The standard InChI is InChI=1S/C29H28N2O2S/c1-15(2)9-22-16(3)19-12-24-20(13-23(19)32-22)25-26(30-14-31-28(25)33-24)18-10-17-7-8-34-27(17)21(11-18)29(4,5)6/h7-8,10-15H,9H2,1-6H3. The van der Waals surface area contributed by atoms with E-state index in [-0.39, 0.29) is 5.41 Å². The van der Waals surface area contributed by atoms with Crippen LogP contribution >= 0.6 is 11.3 Å². The molecule has 0 N–H and O–H groups in total. The van der Waals surface area contributed by atoms with Crippen LogP contribution in [-0.4, -0.2) is 9.97 Å². The van der Waals surface area contributed by atoms with Gasteiger partial charge in [-0.2, -0.15) is 0 Å². The number of fused-ring (bicyclic) bond motifs is 5. The summed E-state index contributed by atoms with van der Waals surface area (Å²) in [6.07, 6.45) is 2.53. The van der Waals surface area contributed by atoms with Crippen molar-refractivity contribution in [2.24, 2.45) is 5.92 Å². The summed E-state index contributed by atoms with van der Waals surface area (Å²) in [5.41, 5.74) is 6.84. The maximum Gasteiger partial charge on any atom is 0.230 e. The third-order valence-electron chi connectivity index (χ3n) is 6.65. The van der Waals surface area contributed by atoms with Crippen LogP contribution in [0.2, 0.25) is 0 Å². The van der Waals surface area contributed by atoms with E-state index in [4.69, 9.17) is 13.8 Å². The average molecular weight is 469 g/mol. The number of aryl methyl sites for hydroxylation is 1. The fourth-order valence-electron chi connectivity index (χ4n) is 4.93. The zero-order valence-corrected chi connectivity index (χ0v) is 21.3. The third-order valence-corrected chi connectivity index (χ3v) is 7.62. The van der Waals surface area contributed by atoms with Crippen LogP contribution < -0.4 is 0 Å². The highest BCUT2D eigenvalue weighted by Crippen LogP contribution is 2.41. The van der Waals surface area contributed by atoms with Gasteiger partial charge in [-0.3, -0.25) is 0 Å². The largest absolute Gasteiger partial charge is 0.461 e. The first kappa shape index (κ1) is 21.4. The van der Waals surface area contributed by atoms with Crippen LogP contribution in [0, 0.1) is 12.8 Å². The van der Waals surface area contributed by atoms with E-state index in [1.165, 1.54) is 21.2 Å². The minimum absolute atomic E-state index is 0.0222. The highest BCUT2D eigenvalue weighted by atomic mass is 32.1. The Bertz CT molecular complexity index is 1710. The number of benzene rings is 2. The number of hydrogen-bond donors (Lipinski definition) is 0. The molecule has 0 saturated heterocycles. The number of aromatic nitrogens is 2. The number of hydrogen-bond acceptors (Lipinski definition) is 5.